The SMILES string of the molecule is COC(=O)N[C@H](C(=O)N1CC(F)(F)C[C@H]1c1ncc(-c2ccc(-c3ccc4c(ccc5[nH]c([C@@H]6CCCN6C(=O)[C@@H](NC(=O)OC)C(C)C)nc54)c3)cc2)[nH]1)C(C)C. The molecular weight excluding hydrogens is 751 g/mol. The van der Waals surface area contributed by atoms with Crippen molar-refractivity contribution in [3.8, 4) is 22.4 Å². The molecule has 58 heavy (non-hydrogen) atoms. The van der Waals surface area contributed by atoms with Crippen LogP contribution in [0.25, 0.3) is 44.2 Å². The van der Waals surface area contributed by atoms with Crippen LogP contribution in [0.1, 0.15) is 70.7 Å². The number of nitrogens with one attached hydrogen (secondary N) is 4. The zero-order valence-electron chi connectivity index (χ0n) is 33.3. The minimum atomic E-state index is -3.13. The molecule has 4 N–H and O–H groups in total. The van der Waals surface area contributed by atoms with E-state index in [1.165, 1.54) is 14.2 Å². The van der Waals surface area contributed by atoms with Crippen molar-refractivity contribution in [2.24, 2.45) is 11.8 Å². The number of hydrogen-bond donors (Lipinski definition) is 4. The highest BCUT2D eigenvalue weighted by Gasteiger charge is 2.50. The van der Waals surface area contributed by atoms with Crippen LogP contribution in [0.5, 0.6) is 0 Å². The zero-order valence-corrected chi connectivity index (χ0v) is 33.3. The highest BCUT2D eigenvalue weighted by atomic mass is 19.3. The number of H-pyrrole nitrogens is 2. The second-order valence-electron chi connectivity index (χ2n) is 15.7. The van der Waals surface area contributed by atoms with E-state index in [2.05, 4.69) is 36.4 Å². The van der Waals surface area contributed by atoms with Gasteiger partial charge in [0.2, 0.25) is 11.8 Å². The molecule has 5 aromatic rings. The number of benzene rings is 3. The van der Waals surface area contributed by atoms with Crippen molar-refractivity contribution >= 4 is 45.8 Å². The molecule has 2 saturated heterocycles. The third-order valence-corrected chi connectivity index (χ3v) is 11.1. The predicted octanol–water partition coefficient (Wildman–Crippen LogP) is 7.11. The van der Waals surface area contributed by atoms with E-state index in [0.29, 0.717) is 18.1 Å². The molecule has 0 spiro atoms. The lowest BCUT2D eigenvalue weighted by Gasteiger charge is -2.29. The maximum atomic E-state index is 14.8. The third kappa shape index (κ3) is 7.91. The van der Waals surface area contributed by atoms with Crippen molar-refractivity contribution in [2.75, 3.05) is 27.3 Å². The molecule has 7 rings (SSSR count). The summed E-state index contributed by atoms with van der Waals surface area (Å²) in [6, 6.07) is 14.9. The smallest absolute Gasteiger partial charge is 0.407 e. The number of amides is 4. The van der Waals surface area contributed by atoms with E-state index in [-0.39, 0.29) is 29.6 Å². The number of imidazole rings is 2. The number of carbonyl (C=O) groups excluding carboxylic acids is 4. The molecule has 4 heterocycles. The number of nitrogens with zero attached hydrogens (tertiary/aromatic N) is 4. The Labute approximate surface area is 334 Å². The van der Waals surface area contributed by atoms with E-state index >= 15 is 0 Å². The second kappa shape index (κ2) is 16.1. The van der Waals surface area contributed by atoms with Crippen molar-refractivity contribution in [3.63, 3.8) is 0 Å². The van der Waals surface area contributed by atoms with Crippen molar-refractivity contribution in [1.82, 2.24) is 40.4 Å². The van der Waals surface area contributed by atoms with Gasteiger partial charge in [0.05, 0.1) is 55.8 Å². The van der Waals surface area contributed by atoms with Gasteiger partial charge in [-0.05, 0) is 58.9 Å². The Hall–Kier alpha value is -6.06. The monoisotopic (exact) mass is 798 g/mol. The van der Waals surface area contributed by atoms with Crippen LogP contribution in [0, 0.1) is 11.8 Å². The normalized spacial score (nSPS) is 18.9. The number of methoxy groups -OCH3 is 2. The molecule has 2 aromatic heterocycles. The number of halogens is 2. The molecule has 14 nitrogen and oxygen atoms in total. The first-order chi connectivity index (χ1) is 27.7. The fourth-order valence-electron chi connectivity index (χ4n) is 8.02. The van der Waals surface area contributed by atoms with Gasteiger partial charge in [0.25, 0.3) is 5.92 Å². The Balaban J connectivity index is 1.09. The number of likely N-dealkylation sites (tertiary alicyclic amines) is 2. The number of rotatable bonds is 10. The maximum absolute atomic E-state index is 14.8. The van der Waals surface area contributed by atoms with Gasteiger partial charge in [-0.3, -0.25) is 9.59 Å². The summed E-state index contributed by atoms with van der Waals surface area (Å²) in [5.74, 6) is -3.50. The summed E-state index contributed by atoms with van der Waals surface area (Å²) in [5.41, 5.74) is 4.99. The molecular formula is C42H48F2N8O6. The van der Waals surface area contributed by atoms with Gasteiger partial charge in [-0.2, -0.15) is 0 Å². The van der Waals surface area contributed by atoms with Crippen LogP contribution in [0.3, 0.4) is 0 Å². The van der Waals surface area contributed by atoms with Crippen LogP contribution in [0.15, 0.2) is 60.8 Å². The first-order valence-electron chi connectivity index (χ1n) is 19.4. The lowest BCUT2D eigenvalue weighted by molar-refractivity contribution is -0.137. The van der Waals surface area contributed by atoms with Crippen LogP contribution in [-0.4, -0.2) is 99.1 Å². The summed E-state index contributed by atoms with van der Waals surface area (Å²) in [4.78, 5) is 70.1. The van der Waals surface area contributed by atoms with Gasteiger partial charge in [0.15, 0.2) is 0 Å². The summed E-state index contributed by atoms with van der Waals surface area (Å²) >= 11 is 0. The average molecular weight is 799 g/mol. The Kier molecular flexibility index (Phi) is 11.1. The molecule has 2 aliphatic heterocycles. The van der Waals surface area contributed by atoms with E-state index in [1.807, 2.05) is 62.4 Å². The van der Waals surface area contributed by atoms with Crippen LogP contribution in [-0.2, 0) is 19.1 Å². The minimum absolute atomic E-state index is 0.135. The quantitative estimate of drug-likeness (QED) is 0.116. The number of alkyl halides is 2. The van der Waals surface area contributed by atoms with E-state index in [9.17, 15) is 28.0 Å². The topological polar surface area (TPSA) is 175 Å². The Morgan fingerprint density at radius 1 is 0.793 bits per heavy atom. The number of aromatic nitrogens is 4. The van der Waals surface area contributed by atoms with Gasteiger partial charge in [-0.25, -0.2) is 28.3 Å². The van der Waals surface area contributed by atoms with Crippen molar-refractivity contribution in [1.29, 1.82) is 0 Å². The van der Waals surface area contributed by atoms with Crippen LogP contribution in [0.4, 0.5) is 18.4 Å². The Morgan fingerprint density at radius 2 is 1.41 bits per heavy atom. The molecule has 2 fully saturated rings. The number of hydrogen-bond acceptors (Lipinski definition) is 8. The van der Waals surface area contributed by atoms with Gasteiger partial charge < -0.3 is 39.9 Å². The van der Waals surface area contributed by atoms with E-state index < -0.39 is 55.1 Å². The molecule has 2 aliphatic rings. The number of alkyl carbamates (subject to hydrolysis) is 2. The highest BCUT2D eigenvalue weighted by Crippen LogP contribution is 2.41. The van der Waals surface area contributed by atoms with Crippen LogP contribution >= 0.6 is 0 Å². The molecule has 3 aromatic carbocycles. The standard InChI is InChI=1S/C42H48F2N8O6/c1-22(2)33(49-40(55)57-5)38(53)51-17-7-8-31(51)37-46-29-16-14-27-18-26(13-15-28(27)35(29)48-37)24-9-11-25(12-10-24)30-20-45-36(47-30)32-19-42(43,44)21-52(32)39(54)34(23(3)4)50-41(56)58-6/h9-16,18,20,22-23,31-34H,7-8,17,19,21H2,1-6H3,(H,45,47)(H,46,48)(H,49,55)(H,50,56)/t31-,32-,33-,34-/m0/s1. The molecule has 4 amide bonds. The fraction of sp³-hybridized carbons (Fsp3) is 0.429. The molecule has 4 atom stereocenters. The number of carbonyl (C=O) groups is 4. The van der Waals surface area contributed by atoms with E-state index in [4.69, 9.17) is 9.72 Å². The van der Waals surface area contributed by atoms with Crippen molar-refractivity contribution in [2.45, 2.75) is 77.0 Å². The van der Waals surface area contributed by atoms with Gasteiger partial charge in [0.1, 0.15) is 23.7 Å². The van der Waals surface area contributed by atoms with Gasteiger partial charge in [-0.15, -0.1) is 0 Å². The second-order valence-corrected chi connectivity index (χ2v) is 15.7. The van der Waals surface area contributed by atoms with Crippen molar-refractivity contribution in [3.05, 3.63) is 72.4 Å². The first kappa shape index (κ1) is 40.1. The third-order valence-electron chi connectivity index (χ3n) is 11.1. The van der Waals surface area contributed by atoms with E-state index in [0.717, 1.165) is 56.2 Å². The first-order valence-corrected chi connectivity index (χ1v) is 19.4. The molecule has 16 heteroatoms. The lowest BCUT2D eigenvalue weighted by atomic mass is 9.99. The number of ether oxygens (including phenoxy) is 2. The number of fused-ring (bicyclic) bond motifs is 3. The predicted molar refractivity (Wildman–Crippen MR) is 213 cm³/mol. The fourth-order valence-corrected chi connectivity index (χ4v) is 8.02. The average Bonchev–Trinajstić information content (AvgIpc) is 4.03. The zero-order chi connectivity index (χ0) is 41.5. The number of aromatic amines is 2. The molecule has 0 aliphatic carbocycles. The Bertz CT molecular complexity index is 2340. The largest absolute Gasteiger partial charge is 0.453 e. The summed E-state index contributed by atoms with van der Waals surface area (Å²) in [6.07, 6.45) is 1.06. The lowest BCUT2D eigenvalue weighted by Crippen LogP contribution is -2.51. The molecule has 306 valence electrons. The summed E-state index contributed by atoms with van der Waals surface area (Å²) in [5, 5.41) is 7.12. The van der Waals surface area contributed by atoms with E-state index in [1.54, 1.807) is 24.9 Å². The summed E-state index contributed by atoms with van der Waals surface area (Å²) in [6.45, 7) is 6.98. The molecule has 0 unspecified atom stereocenters. The summed E-state index contributed by atoms with van der Waals surface area (Å²) < 4.78 is 39.0. The summed E-state index contributed by atoms with van der Waals surface area (Å²) in [7, 11) is 2.45. The highest BCUT2D eigenvalue weighted by molar-refractivity contribution is 6.05. The van der Waals surface area contributed by atoms with Crippen LogP contribution < -0.4 is 10.6 Å². The van der Waals surface area contributed by atoms with Crippen molar-refractivity contribution < 1.29 is 37.4 Å². The Morgan fingerprint density at radius 3 is 2.05 bits per heavy atom. The molecule has 0 bridgehead atoms. The maximum Gasteiger partial charge on any atom is 0.407 e. The molecule has 0 saturated carbocycles. The van der Waals surface area contributed by atoms with Gasteiger partial charge in [-0.1, -0.05) is 70.2 Å². The minimum Gasteiger partial charge on any atom is -0.453 e. The van der Waals surface area contributed by atoms with Gasteiger partial charge in [0, 0.05) is 18.4 Å². The van der Waals surface area contributed by atoms with Gasteiger partial charge >= 0.3 is 12.2 Å². The van der Waals surface area contributed by atoms with Crippen LogP contribution in [0.2, 0.25) is 0 Å². The molecule has 0 radical (unpaired) electrons.